The minimum absolute atomic E-state index is 0.0428. The molecular weight excluding hydrogens is 542 g/mol. The highest BCUT2D eigenvalue weighted by Gasteiger charge is 2.41. The van der Waals surface area contributed by atoms with E-state index in [1.165, 1.54) is 29.4 Å². The highest BCUT2D eigenvalue weighted by Crippen LogP contribution is 2.44. The first-order valence-electron chi connectivity index (χ1n) is 13.0. The van der Waals surface area contributed by atoms with Gasteiger partial charge in [0.2, 0.25) is 0 Å². The molecule has 4 aromatic rings. The van der Waals surface area contributed by atoms with Crippen molar-refractivity contribution in [2.45, 2.75) is 38.1 Å². The van der Waals surface area contributed by atoms with Crippen molar-refractivity contribution >= 4 is 11.7 Å². The second-order valence-electron chi connectivity index (χ2n) is 10.2. The van der Waals surface area contributed by atoms with Gasteiger partial charge in [-0.2, -0.15) is 13.2 Å². The molecule has 212 valence electrons. The van der Waals surface area contributed by atoms with Gasteiger partial charge < -0.3 is 14.4 Å². The Bertz CT molecular complexity index is 1650. The molecule has 0 spiro atoms. The lowest BCUT2D eigenvalue weighted by atomic mass is 9.98. The molecule has 6 rings (SSSR count). The molecular formula is C29H25F4N5O3. The summed E-state index contributed by atoms with van der Waals surface area (Å²) in [7, 11) is 1.74. The molecule has 2 aromatic carbocycles. The van der Waals surface area contributed by atoms with Crippen molar-refractivity contribution < 1.29 is 32.2 Å². The van der Waals surface area contributed by atoms with Crippen LogP contribution in [-0.4, -0.2) is 44.0 Å². The number of aryl methyl sites for hydroxylation is 1. The number of rotatable bonds is 8. The molecule has 2 aliphatic rings. The van der Waals surface area contributed by atoms with Gasteiger partial charge in [-0.05, 0) is 71.5 Å². The minimum atomic E-state index is -4.69. The number of alkyl halides is 3. The fourth-order valence-corrected chi connectivity index (χ4v) is 5.14. The number of hydrogen-bond acceptors (Lipinski definition) is 6. The third kappa shape index (κ3) is 5.20. The molecule has 8 nitrogen and oxygen atoms in total. The van der Waals surface area contributed by atoms with Gasteiger partial charge in [-0.15, -0.1) is 10.2 Å². The van der Waals surface area contributed by atoms with E-state index in [-0.39, 0.29) is 54.8 Å². The van der Waals surface area contributed by atoms with Gasteiger partial charge in [0.1, 0.15) is 18.0 Å². The molecule has 0 saturated heterocycles. The number of carbonyl (C=O) groups is 1. The molecule has 41 heavy (non-hydrogen) atoms. The molecule has 3 heterocycles. The smallest absolute Gasteiger partial charge is 0.394 e. The maximum absolute atomic E-state index is 14.4. The second-order valence-corrected chi connectivity index (χ2v) is 10.2. The van der Waals surface area contributed by atoms with Gasteiger partial charge in [0, 0.05) is 29.8 Å². The number of carbonyl (C=O) groups excluding carboxylic acids is 1. The van der Waals surface area contributed by atoms with Crippen molar-refractivity contribution in [3.63, 3.8) is 0 Å². The number of aromatic nitrogens is 4. The van der Waals surface area contributed by atoms with E-state index in [2.05, 4.69) is 10.2 Å². The average Bonchev–Trinajstić information content (AvgIpc) is 3.62. The van der Waals surface area contributed by atoms with Crippen LogP contribution < -0.4 is 4.90 Å². The molecule has 2 aromatic heterocycles. The van der Waals surface area contributed by atoms with Crippen LogP contribution in [0.1, 0.15) is 51.5 Å². The number of aliphatic hydroxyl groups is 1. The zero-order valence-corrected chi connectivity index (χ0v) is 22.0. The lowest BCUT2D eigenvalue weighted by Crippen LogP contribution is -2.24. The second kappa shape index (κ2) is 10.3. The van der Waals surface area contributed by atoms with Crippen LogP contribution >= 0.6 is 0 Å². The highest BCUT2D eigenvalue weighted by molar-refractivity contribution is 6.10. The summed E-state index contributed by atoms with van der Waals surface area (Å²) in [6.07, 6.45) is -1.39. The number of amides is 1. The maximum Gasteiger partial charge on any atom is 0.416 e. The summed E-state index contributed by atoms with van der Waals surface area (Å²) >= 11 is 0. The lowest BCUT2D eigenvalue weighted by Gasteiger charge is -2.19. The fraction of sp³-hybridized carbons (Fsp3) is 0.310. The van der Waals surface area contributed by atoms with E-state index in [0.29, 0.717) is 28.2 Å². The molecule has 0 radical (unpaired) electrons. The summed E-state index contributed by atoms with van der Waals surface area (Å²) in [5, 5.41) is 17.0. The molecule has 0 unspecified atom stereocenters. The number of ether oxygens (including phenoxy) is 1. The number of halogens is 4. The molecule has 1 saturated carbocycles. The first-order valence-corrected chi connectivity index (χ1v) is 13.0. The SMILES string of the molecule is Cn1cnnc1-c1cc(F)ccc1-c1cc(C2CC2)nc(N2Cc3c(cc(COCCO)cc3C(F)(F)F)C2=O)c1. The Morgan fingerprint density at radius 1 is 1.07 bits per heavy atom. The van der Waals surface area contributed by atoms with E-state index in [0.717, 1.165) is 18.9 Å². The monoisotopic (exact) mass is 567 g/mol. The van der Waals surface area contributed by atoms with Crippen molar-refractivity contribution in [2.24, 2.45) is 7.05 Å². The van der Waals surface area contributed by atoms with Crippen molar-refractivity contribution in [3.8, 4) is 22.5 Å². The van der Waals surface area contributed by atoms with E-state index in [1.54, 1.807) is 23.7 Å². The van der Waals surface area contributed by atoms with Gasteiger partial charge in [0.25, 0.3) is 5.91 Å². The summed E-state index contributed by atoms with van der Waals surface area (Å²) in [4.78, 5) is 19.6. The Morgan fingerprint density at radius 2 is 1.88 bits per heavy atom. The topological polar surface area (TPSA) is 93.4 Å². The van der Waals surface area contributed by atoms with E-state index in [1.807, 2.05) is 6.07 Å². The molecule has 1 aliphatic heterocycles. The van der Waals surface area contributed by atoms with Crippen molar-refractivity contribution in [2.75, 3.05) is 18.1 Å². The largest absolute Gasteiger partial charge is 0.416 e. The van der Waals surface area contributed by atoms with E-state index in [9.17, 15) is 22.4 Å². The zero-order chi connectivity index (χ0) is 28.9. The Hall–Kier alpha value is -4.16. The summed E-state index contributed by atoms with van der Waals surface area (Å²) < 4.78 is 63.6. The summed E-state index contributed by atoms with van der Waals surface area (Å²) in [6, 6.07) is 10.2. The Labute approximate surface area is 232 Å². The van der Waals surface area contributed by atoms with Crippen LogP contribution in [0.2, 0.25) is 0 Å². The van der Waals surface area contributed by atoms with E-state index < -0.39 is 23.5 Å². The van der Waals surface area contributed by atoms with Crippen LogP contribution in [0, 0.1) is 5.82 Å². The minimum Gasteiger partial charge on any atom is -0.394 e. The van der Waals surface area contributed by atoms with Gasteiger partial charge in [-0.3, -0.25) is 9.69 Å². The number of anilines is 1. The zero-order valence-electron chi connectivity index (χ0n) is 22.0. The van der Waals surface area contributed by atoms with Gasteiger partial charge >= 0.3 is 6.18 Å². The molecule has 1 fully saturated rings. The number of fused-ring (bicyclic) bond motifs is 1. The third-order valence-corrected chi connectivity index (χ3v) is 7.26. The fourth-order valence-electron chi connectivity index (χ4n) is 5.14. The van der Waals surface area contributed by atoms with Gasteiger partial charge in [0.15, 0.2) is 5.82 Å². The van der Waals surface area contributed by atoms with Crippen LogP contribution in [0.15, 0.2) is 48.8 Å². The molecule has 0 bridgehead atoms. The number of pyridine rings is 1. The quantitative estimate of drug-likeness (QED) is 0.231. The summed E-state index contributed by atoms with van der Waals surface area (Å²) in [6.45, 7) is -0.805. The van der Waals surface area contributed by atoms with Gasteiger partial charge in [-0.1, -0.05) is 6.07 Å². The first kappa shape index (κ1) is 27.0. The first-order chi connectivity index (χ1) is 19.6. The average molecular weight is 568 g/mol. The van der Waals surface area contributed by atoms with Crippen LogP contribution in [0.4, 0.5) is 23.4 Å². The van der Waals surface area contributed by atoms with E-state index in [4.69, 9.17) is 14.8 Å². The Morgan fingerprint density at radius 3 is 2.56 bits per heavy atom. The molecule has 0 atom stereocenters. The predicted octanol–water partition coefficient (Wildman–Crippen LogP) is 5.25. The van der Waals surface area contributed by atoms with Gasteiger partial charge in [0.05, 0.1) is 31.9 Å². The van der Waals surface area contributed by atoms with Gasteiger partial charge in [-0.25, -0.2) is 9.37 Å². The molecule has 1 aliphatic carbocycles. The molecule has 1 amide bonds. The van der Waals surface area contributed by atoms with Crippen molar-refractivity contribution in [1.29, 1.82) is 0 Å². The Kier molecular flexibility index (Phi) is 6.82. The number of hydrogen-bond donors (Lipinski definition) is 1. The summed E-state index contributed by atoms with van der Waals surface area (Å²) in [5.74, 6) is -0.263. The maximum atomic E-state index is 14.4. The van der Waals surface area contributed by atoms with Crippen LogP contribution in [0.25, 0.3) is 22.5 Å². The number of benzene rings is 2. The molecule has 12 heteroatoms. The number of nitrogens with zero attached hydrogens (tertiary/aromatic N) is 5. The standard InChI is InChI=1S/C29H25F4N5O3/c1-37-15-34-36-27(37)21-12-19(30)4-5-20(21)18-10-25(17-2-3-17)35-26(11-18)38-13-23-22(28(38)40)8-16(14-41-7-6-39)9-24(23)29(31,32)33/h4-5,8-12,15,17,39H,2-3,6-7,13-14H2,1H3. The number of aliphatic hydroxyl groups excluding tert-OH is 1. The van der Waals surface area contributed by atoms with Crippen LogP contribution in [0.5, 0.6) is 0 Å². The lowest BCUT2D eigenvalue weighted by molar-refractivity contribution is -0.138. The van der Waals surface area contributed by atoms with Crippen molar-refractivity contribution in [1.82, 2.24) is 19.7 Å². The van der Waals surface area contributed by atoms with Crippen LogP contribution in [0.3, 0.4) is 0 Å². The highest BCUT2D eigenvalue weighted by atomic mass is 19.4. The third-order valence-electron chi connectivity index (χ3n) is 7.26. The Balaban J connectivity index is 1.44. The van der Waals surface area contributed by atoms with Crippen LogP contribution in [-0.2, 0) is 31.1 Å². The van der Waals surface area contributed by atoms with E-state index >= 15 is 0 Å². The predicted molar refractivity (Wildman–Crippen MR) is 140 cm³/mol. The normalized spacial score (nSPS) is 15.1. The molecule has 1 N–H and O–H groups in total. The summed E-state index contributed by atoms with van der Waals surface area (Å²) in [5.41, 5.74) is 1.52. The van der Waals surface area contributed by atoms with Crippen molar-refractivity contribution in [3.05, 3.63) is 82.6 Å².